The minimum absolute atomic E-state index is 0.130. The summed E-state index contributed by atoms with van der Waals surface area (Å²) in [5.41, 5.74) is 0.0130. The Bertz CT molecular complexity index is 295. The first kappa shape index (κ1) is 12.8. The van der Waals surface area contributed by atoms with Gasteiger partial charge < -0.3 is 15.2 Å². The predicted octanol–water partition coefficient (Wildman–Crippen LogP) is 0.938. The van der Waals surface area contributed by atoms with E-state index in [0.717, 1.165) is 19.3 Å². The normalized spacial score (nSPS) is 29.7. The van der Waals surface area contributed by atoms with Gasteiger partial charge in [0.15, 0.2) is 0 Å². The Morgan fingerprint density at radius 3 is 2.47 bits per heavy atom. The molecule has 1 saturated carbocycles. The van der Waals surface area contributed by atoms with E-state index in [0.29, 0.717) is 19.8 Å². The standard InChI is InChI=1S/C13H23NO3/c1-12(2)7-10(12)11(16)14-8-13(9-15)3-5-17-6-4-13/h10,15H,3-9H2,1-2H3,(H,14,16)/t10-/m1/s1. The molecular formula is C13H23NO3. The van der Waals surface area contributed by atoms with Crippen molar-refractivity contribution in [1.82, 2.24) is 5.32 Å². The van der Waals surface area contributed by atoms with Gasteiger partial charge in [0.1, 0.15) is 0 Å². The quantitative estimate of drug-likeness (QED) is 0.770. The maximum Gasteiger partial charge on any atom is 0.223 e. The Balaban J connectivity index is 1.82. The summed E-state index contributed by atoms with van der Waals surface area (Å²) in [7, 11) is 0. The topological polar surface area (TPSA) is 58.6 Å². The second kappa shape index (κ2) is 4.58. The molecule has 1 saturated heterocycles. The van der Waals surface area contributed by atoms with Crippen LogP contribution < -0.4 is 5.32 Å². The number of nitrogens with one attached hydrogen (secondary N) is 1. The highest BCUT2D eigenvalue weighted by Gasteiger charge is 2.50. The monoisotopic (exact) mass is 241 g/mol. The van der Waals surface area contributed by atoms with Crippen LogP contribution >= 0.6 is 0 Å². The van der Waals surface area contributed by atoms with Crippen LogP contribution in [0.3, 0.4) is 0 Å². The number of rotatable bonds is 4. The molecule has 4 heteroatoms. The molecule has 1 aliphatic carbocycles. The Kier molecular flexibility index (Phi) is 3.46. The van der Waals surface area contributed by atoms with Crippen LogP contribution in [0.15, 0.2) is 0 Å². The highest BCUT2D eigenvalue weighted by molar-refractivity contribution is 5.82. The van der Waals surface area contributed by atoms with Crippen molar-refractivity contribution in [3.8, 4) is 0 Å². The van der Waals surface area contributed by atoms with Gasteiger partial charge in [-0.25, -0.2) is 0 Å². The molecule has 17 heavy (non-hydrogen) atoms. The fourth-order valence-corrected chi connectivity index (χ4v) is 2.51. The van der Waals surface area contributed by atoms with E-state index in [9.17, 15) is 9.90 Å². The van der Waals surface area contributed by atoms with E-state index in [1.54, 1.807) is 0 Å². The van der Waals surface area contributed by atoms with Gasteiger partial charge in [-0.05, 0) is 24.7 Å². The van der Waals surface area contributed by atoms with E-state index in [2.05, 4.69) is 19.2 Å². The summed E-state index contributed by atoms with van der Waals surface area (Å²) >= 11 is 0. The lowest BCUT2D eigenvalue weighted by Crippen LogP contribution is -2.44. The zero-order chi connectivity index (χ0) is 12.5. The second-order valence-electron chi connectivity index (χ2n) is 6.23. The minimum Gasteiger partial charge on any atom is -0.396 e. The third-order valence-electron chi connectivity index (χ3n) is 4.36. The van der Waals surface area contributed by atoms with Gasteiger partial charge in [0, 0.05) is 31.1 Å². The average Bonchev–Trinajstić information content (AvgIpc) is 2.97. The number of aliphatic hydroxyl groups excluding tert-OH is 1. The molecule has 2 fully saturated rings. The molecule has 1 amide bonds. The second-order valence-corrected chi connectivity index (χ2v) is 6.23. The average molecular weight is 241 g/mol. The van der Waals surface area contributed by atoms with Crippen molar-refractivity contribution in [2.45, 2.75) is 33.1 Å². The molecule has 2 N–H and O–H groups in total. The van der Waals surface area contributed by atoms with E-state index >= 15 is 0 Å². The third-order valence-corrected chi connectivity index (χ3v) is 4.36. The highest BCUT2D eigenvalue weighted by Crippen LogP contribution is 2.51. The summed E-state index contributed by atoms with van der Waals surface area (Å²) in [6.45, 7) is 6.32. The van der Waals surface area contributed by atoms with Gasteiger partial charge in [-0.2, -0.15) is 0 Å². The molecule has 1 aliphatic heterocycles. The van der Waals surface area contributed by atoms with Gasteiger partial charge in [-0.1, -0.05) is 13.8 Å². The van der Waals surface area contributed by atoms with Crippen molar-refractivity contribution in [3.05, 3.63) is 0 Å². The molecule has 1 heterocycles. The molecule has 0 aromatic heterocycles. The van der Waals surface area contributed by atoms with Gasteiger partial charge in [0.2, 0.25) is 5.91 Å². The van der Waals surface area contributed by atoms with Gasteiger partial charge in [-0.15, -0.1) is 0 Å². The molecule has 2 rings (SSSR count). The van der Waals surface area contributed by atoms with Crippen molar-refractivity contribution in [2.75, 3.05) is 26.4 Å². The molecule has 0 aromatic rings. The van der Waals surface area contributed by atoms with Crippen LogP contribution in [0.4, 0.5) is 0 Å². The van der Waals surface area contributed by atoms with E-state index in [1.165, 1.54) is 0 Å². The van der Waals surface area contributed by atoms with Crippen molar-refractivity contribution < 1.29 is 14.6 Å². The van der Waals surface area contributed by atoms with Crippen LogP contribution in [0.1, 0.15) is 33.1 Å². The molecule has 1 atom stereocenters. The van der Waals surface area contributed by atoms with Crippen LogP contribution in [-0.2, 0) is 9.53 Å². The van der Waals surface area contributed by atoms with E-state index in [-0.39, 0.29) is 29.3 Å². The van der Waals surface area contributed by atoms with E-state index < -0.39 is 0 Å². The van der Waals surface area contributed by atoms with Gasteiger partial charge >= 0.3 is 0 Å². The van der Waals surface area contributed by atoms with Crippen molar-refractivity contribution in [2.24, 2.45) is 16.7 Å². The largest absolute Gasteiger partial charge is 0.396 e. The van der Waals surface area contributed by atoms with Crippen LogP contribution in [-0.4, -0.2) is 37.4 Å². The molecule has 0 aromatic carbocycles. The fraction of sp³-hybridized carbons (Fsp3) is 0.923. The SMILES string of the molecule is CC1(C)C[C@@H]1C(=O)NCC1(CO)CCOCC1. The van der Waals surface area contributed by atoms with E-state index in [4.69, 9.17) is 4.74 Å². The van der Waals surface area contributed by atoms with E-state index in [1.807, 2.05) is 0 Å². The molecular weight excluding hydrogens is 218 g/mol. The number of amides is 1. The number of hydrogen-bond acceptors (Lipinski definition) is 3. The molecule has 0 unspecified atom stereocenters. The zero-order valence-electron chi connectivity index (χ0n) is 10.8. The summed E-state index contributed by atoms with van der Waals surface area (Å²) in [5, 5.41) is 12.5. The lowest BCUT2D eigenvalue weighted by Gasteiger charge is -2.35. The number of carbonyl (C=O) groups is 1. The van der Waals surface area contributed by atoms with Crippen LogP contribution in [0.2, 0.25) is 0 Å². The fourth-order valence-electron chi connectivity index (χ4n) is 2.51. The first-order valence-corrected chi connectivity index (χ1v) is 6.45. The van der Waals surface area contributed by atoms with Crippen molar-refractivity contribution in [1.29, 1.82) is 0 Å². The summed E-state index contributed by atoms with van der Waals surface area (Å²) < 4.78 is 5.30. The van der Waals surface area contributed by atoms with Gasteiger partial charge in [-0.3, -0.25) is 4.79 Å². The van der Waals surface area contributed by atoms with Crippen LogP contribution in [0.5, 0.6) is 0 Å². The Labute approximate surface area is 103 Å². The van der Waals surface area contributed by atoms with Crippen LogP contribution in [0.25, 0.3) is 0 Å². The lowest BCUT2D eigenvalue weighted by atomic mass is 9.81. The van der Waals surface area contributed by atoms with Crippen molar-refractivity contribution >= 4 is 5.91 Å². The summed E-state index contributed by atoms with van der Waals surface area (Å²) in [6, 6.07) is 0. The molecule has 4 nitrogen and oxygen atoms in total. The Morgan fingerprint density at radius 2 is 2.00 bits per heavy atom. The highest BCUT2D eigenvalue weighted by atomic mass is 16.5. The smallest absolute Gasteiger partial charge is 0.223 e. The number of ether oxygens (including phenoxy) is 1. The van der Waals surface area contributed by atoms with Crippen molar-refractivity contribution in [3.63, 3.8) is 0 Å². The summed E-state index contributed by atoms with van der Waals surface area (Å²) in [6.07, 6.45) is 2.64. The first-order chi connectivity index (χ1) is 7.99. The molecule has 0 radical (unpaired) electrons. The first-order valence-electron chi connectivity index (χ1n) is 6.45. The maximum absolute atomic E-state index is 11.9. The maximum atomic E-state index is 11.9. The molecule has 0 bridgehead atoms. The third kappa shape index (κ3) is 2.80. The summed E-state index contributed by atoms with van der Waals surface area (Å²) in [5.74, 6) is 0.312. The van der Waals surface area contributed by atoms with Gasteiger partial charge in [0.05, 0.1) is 6.61 Å². The molecule has 98 valence electrons. The predicted molar refractivity (Wildman–Crippen MR) is 64.5 cm³/mol. The van der Waals surface area contributed by atoms with Gasteiger partial charge in [0.25, 0.3) is 0 Å². The number of aliphatic hydroxyl groups is 1. The molecule has 2 aliphatic rings. The number of carbonyl (C=O) groups excluding carboxylic acids is 1. The lowest BCUT2D eigenvalue weighted by molar-refractivity contribution is -0.124. The van der Waals surface area contributed by atoms with Crippen LogP contribution in [0, 0.1) is 16.7 Å². The zero-order valence-corrected chi connectivity index (χ0v) is 10.8. The Hall–Kier alpha value is -0.610. The minimum atomic E-state index is -0.160. The Morgan fingerprint density at radius 1 is 1.41 bits per heavy atom. The number of hydrogen-bond donors (Lipinski definition) is 2. The summed E-state index contributed by atoms with van der Waals surface area (Å²) in [4.78, 5) is 11.9. The molecule has 0 spiro atoms.